The normalized spacial score (nSPS) is 22.2. The lowest BCUT2D eigenvalue weighted by atomic mass is 9.81. The van der Waals surface area contributed by atoms with Crippen LogP contribution in [0.2, 0.25) is 0 Å². The lowest BCUT2D eigenvalue weighted by molar-refractivity contribution is -0.936. The summed E-state index contributed by atoms with van der Waals surface area (Å²) in [5.74, 6) is -0.343. The molecule has 0 spiro atoms. The Labute approximate surface area is 221 Å². The number of halogens is 3. The van der Waals surface area contributed by atoms with Gasteiger partial charge in [-0.2, -0.15) is 0 Å². The first-order valence-corrected chi connectivity index (χ1v) is 12.3. The molecular formula is C29H29ClF2N2O3. The average Bonchev–Trinajstić information content (AvgIpc) is 2.89. The number of benzene rings is 3. The van der Waals surface area contributed by atoms with Crippen LogP contribution in [-0.4, -0.2) is 48.6 Å². The molecule has 3 heterocycles. The number of hydrogen-bond donors (Lipinski definition) is 1. The van der Waals surface area contributed by atoms with Gasteiger partial charge in [-0.1, -0.05) is 54.6 Å². The van der Waals surface area contributed by atoms with Crippen molar-refractivity contribution in [2.45, 2.75) is 25.0 Å². The highest BCUT2D eigenvalue weighted by Gasteiger charge is 2.47. The molecular weight excluding hydrogens is 498 g/mol. The second-order valence-electron chi connectivity index (χ2n) is 9.90. The van der Waals surface area contributed by atoms with Gasteiger partial charge in [-0.3, -0.25) is 4.79 Å². The number of amides is 1. The Kier molecular flexibility index (Phi) is 8.25. The van der Waals surface area contributed by atoms with Crippen molar-refractivity contribution < 1.29 is 40.0 Å². The van der Waals surface area contributed by atoms with Crippen molar-refractivity contribution >= 4 is 11.9 Å². The van der Waals surface area contributed by atoms with E-state index in [2.05, 4.69) is 5.32 Å². The van der Waals surface area contributed by atoms with Gasteiger partial charge in [0.25, 0.3) is 0 Å². The molecule has 1 atom stereocenters. The molecule has 3 aromatic rings. The van der Waals surface area contributed by atoms with E-state index < -0.39 is 23.8 Å². The number of ether oxygens (including phenoxy) is 1. The molecule has 1 N–H and O–H groups in total. The van der Waals surface area contributed by atoms with Crippen LogP contribution in [0.15, 0.2) is 78.9 Å². The minimum absolute atomic E-state index is 0. The molecule has 3 saturated heterocycles. The van der Waals surface area contributed by atoms with Crippen molar-refractivity contribution in [2.75, 3.05) is 26.2 Å². The fraction of sp³-hybridized carbons (Fsp3) is 0.310. The molecule has 0 unspecified atom stereocenters. The first kappa shape index (κ1) is 26.8. The summed E-state index contributed by atoms with van der Waals surface area (Å²) in [6.07, 6.45) is 0.480. The monoisotopic (exact) mass is 526 g/mol. The van der Waals surface area contributed by atoms with Crippen LogP contribution in [0.5, 0.6) is 0 Å². The third-order valence-corrected chi connectivity index (χ3v) is 7.55. The number of nitrogens with zero attached hydrogens (tertiary/aromatic N) is 1. The smallest absolute Gasteiger partial charge is 0.408 e. The number of carbonyl (C=O) groups is 2. The summed E-state index contributed by atoms with van der Waals surface area (Å²) in [6.45, 7) is 2.93. The molecule has 6 rings (SSSR count). The van der Waals surface area contributed by atoms with E-state index >= 15 is 0 Å². The van der Waals surface area contributed by atoms with Gasteiger partial charge in [-0.25, -0.2) is 13.6 Å². The van der Waals surface area contributed by atoms with E-state index in [4.69, 9.17) is 4.74 Å². The lowest BCUT2D eigenvalue weighted by Gasteiger charge is -2.52. The van der Waals surface area contributed by atoms with Crippen molar-refractivity contribution in [3.05, 3.63) is 107 Å². The highest BCUT2D eigenvalue weighted by Crippen LogP contribution is 2.35. The summed E-state index contributed by atoms with van der Waals surface area (Å²) in [5, 5.41) is 3.04. The minimum Gasteiger partial charge on any atom is -1.00 e. The number of rotatable bonds is 7. The number of fused-ring (bicyclic) bond motifs is 3. The maximum atomic E-state index is 13.5. The molecule has 0 aliphatic carbocycles. The van der Waals surface area contributed by atoms with Gasteiger partial charge in [0.05, 0.1) is 25.7 Å². The molecule has 5 nitrogen and oxygen atoms in total. The Balaban J connectivity index is 0.00000320. The van der Waals surface area contributed by atoms with Crippen molar-refractivity contribution in [1.29, 1.82) is 0 Å². The Morgan fingerprint density at radius 3 is 1.95 bits per heavy atom. The second-order valence-corrected chi connectivity index (χ2v) is 9.90. The van der Waals surface area contributed by atoms with E-state index in [-0.39, 0.29) is 24.2 Å². The number of piperidine rings is 3. The summed E-state index contributed by atoms with van der Waals surface area (Å²) in [4.78, 5) is 26.0. The first-order valence-electron chi connectivity index (χ1n) is 12.3. The zero-order valence-electron chi connectivity index (χ0n) is 20.3. The Hall–Kier alpha value is -3.29. The maximum Gasteiger partial charge on any atom is 0.408 e. The van der Waals surface area contributed by atoms with Crippen LogP contribution in [0.4, 0.5) is 13.6 Å². The van der Waals surface area contributed by atoms with E-state index in [1.54, 1.807) is 24.3 Å². The Bertz CT molecular complexity index is 1170. The molecule has 3 aliphatic rings. The Morgan fingerprint density at radius 2 is 1.41 bits per heavy atom. The predicted octanol–water partition coefficient (Wildman–Crippen LogP) is 2.28. The fourth-order valence-electron chi connectivity index (χ4n) is 5.59. The molecule has 3 aromatic carbocycles. The number of nitrogens with one attached hydrogen (secondary N) is 1. The molecule has 3 fully saturated rings. The van der Waals surface area contributed by atoms with Crippen LogP contribution >= 0.6 is 0 Å². The van der Waals surface area contributed by atoms with Gasteiger partial charge in [-0.05, 0) is 41.3 Å². The zero-order valence-corrected chi connectivity index (χ0v) is 21.0. The molecule has 1 amide bonds. The van der Waals surface area contributed by atoms with Crippen molar-refractivity contribution in [3.63, 3.8) is 0 Å². The van der Waals surface area contributed by atoms with E-state index in [1.165, 1.54) is 24.3 Å². The summed E-state index contributed by atoms with van der Waals surface area (Å²) in [7, 11) is 0. The van der Waals surface area contributed by atoms with E-state index in [0.717, 1.165) is 25.9 Å². The summed E-state index contributed by atoms with van der Waals surface area (Å²) >= 11 is 0. The number of Topliss-reactive ketones (excluding diaryl/α,β-unsaturated/α-hetero) is 1. The summed E-state index contributed by atoms with van der Waals surface area (Å²) in [5.41, 5.74) is 1.89. The van der Waals surface area contributed by atoms with Crippen LogP contribution in [0.1, 0.15) is 40.4 Å². The molecule has 37 heavy (non-hydrogen) atoms. The van der Waals surface area contributed by atoms with Crippen LogP contribution < -0.4 is 17.7 Å². The topological polar surface area (TPSA) is 55.4 Å². The van der Waals surface area contributed by atoms with Crippen LogP contribution in [0.25, 0.3) is 0 Å². The summed E-state index contributed by atoms with van der Waals surface area (Å²) in [6, 6.07) is 20.7. The predicted molar refractivity (Wildman–Crippen MR) is 131 cm³/mol. The molecule has 0 aromatic heterocycles. The number of alkyl carbamates (subject to hydrolysis) is 1. The van der Waals surface area contributed by atoms with Crippen LogP contribution in [0.3, 0.4) is 0 Å². The number of quaternary nitrogens is 1. The number of carbonyl (C=O) groups excluding carboxylic acids is 2. The average molecular weight is 527 g/mol. The van der Waals surface area contributed by atoms with Crippen molar-refractivity contribution in [3.8, 4) is 0 Å². The molecule has 3 aliphatic heterocycles. The van der Waals surface area contributed by atoms with Gasteiger partial charge < -0.3 is 26.9 Å². The van der Waals surface area contributed by atoms with Gasteiger partial charge in [0.15, 0.2) is 6.10 Å². The third kappa shape index (κ3) is 6.17. The second kappa shape index (κ2) is 11.4. The minimum atomic E-state index is -0.810. The quantitative estimate of drug-likeness (QED) is 0.380. The lowest BCUT2D eigenvalue weighted by Crippen LogP contribution is -3.00. The molecule has 8 heteroatoms. The Morgan fingerprint density at radius 1 is 0.865 bits per heavy atom. The van der Waals surface area contributed by atoms with Gasteiger partial charge in [0, 0.05) is 18.4 Å². The van der Waals surface area contributed by atoms with Gasteiger partial charge >= 0.3 is 6.09 Å². The highest BCUT2D eigenvalue weighted by atomic mass is 35.5. The number of hydrogen-bond acceptors (Lipinski definition) is 3. The SMILES string of the molecule is O=C(N[C@H]1C[N+]2(CC(=O)c3ccccc3)CCC1CC2)OC(c1ccc(F)cc1)c1ccc(F)cc1.[Cl-]. The summed E-state index contributed by atoms with van der Waals surface area (Å²) < 4.78 is 33.5. The molecule has 0 radical (unpaired) electrons. The van der Waals surface area contributed by atoms with Gasteiger partial charge in [0.1, 0.15) is 18.2 Å². The van der Waals surface area contributed by atoms with Crippen LogP contribution in [0, 0.1) is 17.6 Å². The molecule has 2 bridgehead atoms. The van der Waals surface area contributed by atoms with Crippen molar-refractivity contribution in [1.82, 2.24) is 5.32 Å². The van der Waals surface area contributed by atoms with Gasteiger partial charge in [0.2, 0.25) is 5.78 Å². The number of ketones is 1. The standard InChI is InChI=1S/C29H28F2N2O3.ClH/c30-24-10-6-22(7-11-24)28(23-8-12-25(31)13-9-23)36-29(35)32-26-18-33(16-14-20(26)15-17-33)19-27(34)21-4-2-1-3-5-21;/h1-13,20,26,28H,14-19H2;1H/t20?,26-,33?;/m0./s1. The van der Waals surface area contributed by atoms with E-state index in [9.17, 15) is 18.4 Å². The highest BCUT2D eigenvalue weighted by molar-refractivity contribution is 5.96. The largest absolute Gasteiger partial charge is 1.00 e. The molecule has 194 valence electrons. The van der Waals surface area contributed by atoms with Crippen LogP contribution in [-0.2, 0) is 4.74 Å². The molecule has 0 saturated carbocycles. The van der Waals surface area contributed by atoms with Crippen molar-refractivity contribution in [2.24, 2.45) is 5.92 Å². The third-order valence-electron chi connectivity index (χ3n) is 7.55. The first-order chi connectivity index (χ1) is 17.4. The van der Waals surface area contributed by atoms with E-state index in [0.29, 0.717) is 40.2 Å². The maximum absolute atomic E-state index is 13.5. The zero-order chi connectivity index (χ0) is 25.1. The van der Waals surface area contributed by atoms with Gasteiger partial charge in [-0.15, -0.1) is 0 Å². The van der Waals surface area contributed by atoms with E-state index in [1.807, 2.05) is 30.3 Å². The fourth-order valence-corrected chi connectivity index (χ4v) is 5.59.